The highest BCUT2D eigenvalue weighted by Crippen LogP contribution is 2.35. The molecule has 20 heavy (non-hydrogen) atoms. The van der Waals surface area contributed by atoms with Crippen LogP contribution >= 0.6 is 12.4 Å². The number of hydrogen-bond donors (Lipinski definition) is 2. The zero-order chi connectivity index (χ0) is 13.7. The second-order valence-electron chi connectivity index (χ2n) is 5.51. The van der Waals surface area contributed by atoms with E-state index in [2.05, 4.69) is 17.4 Å². The Hall–Kier alpha value is -1.06. The van der Waals surface area contributed by atoms with Crippen LogP contribution in [0.15, 0.2) is 30.3 Å². The van der Waals surface area contributed by atoms with E-state index in [1.54, 1.807) is 0 Å². The fourth-order valence-corrected chi connectivity index (χ4v) is 3.06. The van der Waals surface area contributed by atoms with Crippen LogP contribution in [0.3, 0.4) is 0 Å². The Morgan fingerprint density at radius 3 is 2.65 bits per heavy atom. The molecule has 112 valence electrons. The van der Waals surface area contributed by atoms with Crippen LogP contribution in [-0.2, 0) is 4.79 Å². The quantitative estimate of drug-likeness (QED) is 0.900. The SMILES string of the molecule is CC(C(=O)O)C1CNCCCCC1c1ccccc1.Cl. The second kappa shape index (κ2) is 8.28. The standard InChI is InChI=1S/C16H23NO2.ClH/c1-12(16(18)19)15-11-17-10-6-5-9-14(15)13-7-3-2-4-8-13;/h2-4,7-8,12,14-15,17H,5-6,9-11H2,1H3,(H,18,19);1H. The first-order valence-electron chi connectivity index (χ1n) is 7.18. The molecule has 2 N–H and O–H groups in total. The van der Waals surface area contributed by atoms with Crippen LogP contribution in [0.2, 0.25) is 0 Å². The van der Waals surface area contributed by atoms with Crippen molar-refractivity contribution in [2.24, 2.45) is 11.8 Å². The molecule has 1 fully saturated rings. The van der Waals surface area contributed by atoms with Gasteiger partial charge in [-0.05, 0) is 43.3 Å². The van der Waals surface area contributed by atoms with Crippen LogP contribution in [0.4, 0.5) is 0 Å². The van der Waals surface area contributed by atoms with Crippen molar-refractivity contribution in [2.45, 2.75) is 32.1 Å². The third-order valence-corrected chi connectivity index (χ3v) is 4.28. The van der Waals surface area contributed by atoms with Gasteiger partial charge in [-0.3, -0.25) is 4.79 Å². The summed E-state index contributed by atoms with van der Waals surface area (Å²) in [6, 6.07) is 10.4. The molecule has 0 aromatic heterocycles. The molecule has 0 aliphatic carbocycles. The lowest BCUT2D eigenvalue weighted by Crippen LogP contribution is -2.37. The lowest BCUT2D eigenvalue weighted by Gasteiger charge is -2.32. The Morgan fingerprint density at radius 2 is 2.00 bits per heavy atom. The largest absolute Gasteiger partial charge is 0.481 e. The third kappa shape index (κ3) is 4.22. The number of nitrogens with one attached hydrogen (secondary N) is 1. The summed E-state index contributed by atoms with van der Waals surface area (Å²) < 4.78 is 0. The van der Waals surface area contributed by atoms with Crippen molar-refractivity contribution >= 4 is 18.4 Å². The molecule has 3 atom stereocenters. The minimum atomic E-state index is -0.687. The van der Waals surface area contributed by atoms with Gasteiger partial charge < -0.3 is 10.4 Å². The van der Waals surface area contributed by atoms with Gasteiger partial charge in [0.15, 0.2) is 0 Å². The van der Waals surface area contributed by atoms with Gasteiger partial charge in [0.05, 0.1) is 5.92 Å². The van der Waals surface area contributed by atoms with E-state index in [-0.39, 0.29) is 24.2 Å². The summed E-state index contributed by atoms with van der Waals surface area (Å²) in [7, 11) is 0. The van der Waals surface area contributed by atoms with E-state index in [0.29, 0.717) is 5.92 Å². The van der Waals surface area contributed by atoms with Gasteiger partial charge in [-0.2, -0.15) is 0 Å². The highest BCUT2D eigenvalue weighted by molar-refractivity contribution is 5.85. The van der Waals surface area contributed by atoms with Gasteiger partial charge in [-0.1, -0.05) is 43.7 Å². The van der Waals surface area contributed by atoms with E-state index in [1.165, 1.54) is 12.0 Å². The zero-order valence-electron chi connectivity index (χ0n) is 11.9. The maximum atomic E-state index is 11.3. The fourth-order valence-electron chi connectivity index (χ4n) is 3.06. The lowest BCUT2D eigenvalue weighted by atomic mass is 9.75. The summed E-state index contributed by atoms with van der Waals surface area (Å²) in [6.45, 7) is 3.64. The van der Waals surface area contributed by atoms with Gasteiger partial charge in [-0.25, -0.2) is 0 Å². The minimum absolute atomic E-state index is 0. The lowest BCUT2D eigenvalue weighted by molar-refractivity contribution is -0.143. The summed E-state index contributed by atoms with van der Waals surface area (Å²) in [5.41, 5.74) is 1.28. The first-order chi connectivity index (χ1) is 9.20. The maximum absolute atomic E-state index is 11.3. The van der Waals surface area contributed by atoms with Crippen LogP contribution in [0.5, 0.6) is 0 Å². The van der Waals surface area contributed by atoms with Crippen molar-refractivity contribution in [1.82, 2.24) is 5.32 Å². The number of benzene rings is 1. The van der Waals surface area contributed by atoms with E-state index in [1.807, 2.05) is 25.1 Å². The number of carboxylic acids is 1. The number of halogens is 1. The molecule has 0 bridgehead atoms. The Morgan fingerprint density at radius 1 is 1.30 bits per heavy atom. The van der Waals surface area contributed by atoms with Gasteiger partial charge in [0.1, 0.15) is 0 Å². The van der Waals surface area contributed by atoms with E-state index in [4.69, 9.17) is 0 Å². The van der Waals surface area contributed by atoms with Crippen LogP contribution in [0, 0.1) is 11.8 Å². The molecule has 0 saturated carbocycles. The molecule has 1 saturated heterocycles. The number of carboxylic acid groups (broad SMARTS) is 1. The average Bonchev–Trinajstić information content (AvgIpc) is 2.39. The first-order valence-corrected chi connectivity index (χ1v) is 7.18. The number of carbonyl (C=O) groups is 1. The Balaban J connectivity index is 0.00000200. The molecule has 1 aliphatic rings. The molecule has 4 heteroatoms. The molecule has 0 amide bonds. The third-order valence-electron chi connectivity index (χ3n) is 4.28. The molecule has 3 unspecified atom stereocenters. The predicted octanol–water partition coefficient (Wildman–Crippen LogP) is 3.30. The van der Waals surface area contributed by atoms with Crippen molar-refractivity contribution in [3.63, 3.8) is 0 Å². The Bertz CT molecular complexity index is 410. The summed E-state index contributed by atoms with van der Waals surface area (Å²) in [5, 5.41) is 12.7. The van der Waals surface area contributed by atoms with Gasteiger partial charge in [0, 0.05) is 0 Å². The topological polar surface area (TPSA) is 49.3 Å². The molecule has 1 aromatic rings. The monoisotopic (exact) mass is 297 g/mol. The number of aliphatic carboxylic acids is 1. The normalized spacial score (nSPS) is 24.9. The van der Waals surface area contributed by atoms with Gasteiger partial charge in [-0.15, -0.1) is 12.4 Å². The van der Waals surface area contributed by atoms with Crippen molar-refractivity contribution < 1.29 is 9.90 Å². The molecule has 3 nitrogen and oxygen atoms in total. The molecule has 1 aromatic carbocycles. The molecular weight excluding hydrogens is 274 g/mol. The van der Waals surface area contributed by atoms with Crippen molar-refractivity contribution in [3.05, 3.63) is 35.9 Å². The summed E-state index contributed by atoms with van der Waals surface area (Å²) in [5.74, 6) is -0.482. The van der Waals surface area contributed by atoms with Gasteiger partial charge >= 0.3 is 5.97 Å². The summed E-state index contributed by atoms with van der Waals surface area (Å²) >= 11 is 0. The maximum Gasteiger partial charge on any atom is 0.306 e. The van der Waals surface area contributed by atoms with E-state index in [0.717, 1.165) is 25.9 Å². The van der Waals surface area contributed by atoms with Crippen molar-refractivity contribution in [2.75, 3.05) is 13.1 Å². The summed E-state index contributed by atoms with van der Waals surface area (Å²) in [4.78, 5) is 11.3. The fraction of sp³-hybridized carbons (Fsp3) is 0.562. The molecule has 0 radical (unpaired) electrons. The van der Waals surface area contributed by atoms with Gasteiger partial charge in [0.25, 0.3) is 0 Å². The summed E-state index contributed by atoms with van der Waals surface area (Å²) in [6.07, 6.45) is 3.43. The smallest absolute Gasteiger partial charge is 0.306 e. The van der Waals surface area contributed by atoms with Crippen LogP contribution in [0.25, 0.3) is 0 Å². The molecule has 1 heterocycles. The highest BCUT2D eigenvalue weighted by atomic mass is 35.5. The van der Waals surface area contributed by atoms with Crippen LogP contribution in [0.1, 0.15) is 37.7 Å². The molecule has 2 rings (SSSR count). The van der Waals surface area contributed by atoms with E-state index >= 15 is 0 Å². The van der Waals surface area contributed by atoms with Gasteiger partial charge in [0.2, 0.25) is 0 Å². The number of hydrogen-bond acceptors (Lipinski definition) is 2. The Kier molecular flexibility index (Phi) is 7.03. The molecule has 0 spiro atoms. The molecule has 1 aliphatic heterocycles. The van der Waals surface area contributed by atoms with Crippen molar-refractivity contribution in [1.29, 1.82) is 0 Å². The van der Waals surface area contributed by atoms with Crippen LogP contribution < -0.4 is 5.32 Å². The van der Waals surface area contributed by atoms with E-state index in [9.17, 15) is 9.90 Å². The second-order valence-corrected chi connectivity index (χ2v) is 5.51. The highest BCUT2D eigenvalue weighted by Gasteiger charge is 2.32. The Labute approximate surface area is 127 Å². The first kappa shape index (κ1) is 17.0. The zero-order valence-corrected chi connectivity index (χ0v) is 12.7. The van der Waals surface area contributed by atoms with Crippen LogP contribution in [-0.4, -0.2) is 24.2 Å². The predicted molar refractivity (Wildman–Crippen MR) is 83.4 cm³/mol. The average molecular weight is 298 g/mol. The van der Waals surface area contributed by atoms with E-state index < -0.39 is 5.97 Å². The minimum Gasteiger partial charge on any atom is -0.481 e. The number of rotatable bonds is 3. The molecular formula is C16H24ClNO2. The van der Waals surface area contributed by atoms with Crippen molar-refractivity contribution in [3.8, 4) is 0 Å².